The van der Waals surface area contributed by atoms with Gasteiger partial charge in [-0.05, 0) is 85.5 Å². The van der Waals surface area contributed by atoms with Crippen LogP contribution in [-0.4, -0.2) is 49.1 Å². The van der Waals surface area contributed by atoms with Crippen LogP contribution in [-0.2, 0) is 16.1 Å². The van der Waals surface area contributed by atoms with Crippen LogP contribution in [0, 0.1) is 0 Å². The monoisotopic (exact) mass is 735 g/mol. The first-order valence-corrected chi connectivity index (χ1v) is 20.7. The smallest absolute Gasteiger partial charge is 0.323 e. The van der Waals surface area contributed by atoms with Crippen molar-refractivity contribution in [2.24, 2.45) is 0 Å². The van der Waals surface area contributed by atoms with Gasteiger partial charge in [-0.2, -0.15) is 0 Å². The van der Waals surface area contributed by atoms with Gasteiger partial charge in [0.2, 0.25) is 0 Å². The van der Waals surface area contributed by atoms with Crippen molar-refractivity contribution in [3.8, 4) is 0 Å². The quantitative estimate of drug-likeness (QED) is 0.0962. The Morgan fingerprint density at radius 2 is 1.73 bits per heavy atom. The number of benzene rings is 2. The summed E-state index contributed by atoms with van der Waals surface area (Å²) in [5.74, 6) is 0.158. The summed E-state index contributed by atoms with van der Waals surface area (Å²) in [6.45, 7) is 4.00. The minimum absolute atomic E-state index is 0.288. The normalized spacial score (nSPS) is 20.1. The number of thiazole rings is 1. The number of fused-ring (bicyclic) bond motifs is 3. The lowest BCUT2D eigenvalue weighted by Crippen LogP contribution is -2.35. The fraction of sp³-hybridized carbons (Fsp3) is 0.474. The second-order valence-corrected chi connectivity index (χ2v) is 16.9. The summed E-state index contributed by atoms with van der Waals surface area (Å²) in [5.41, 5.74) is 4.22. The third-order valence-electron chi connectivity index (χ3n) is 9.76. The van der Waals surface area contributed by atoms with Gasteiger partial charge in [0.25, 0.3) is 11.5 Å². The van der Waals surface area contributed by atoms with Crippen LogP contribution in [0.15, 0.2) is 52.2 Å². The molecule has 3 aromatic rings. The second-order valence-electron chi connectivity index (χ2n) is 13.1. The molecule has 2 unspecified atom stereocenters. The van der Waals surface area contributed by atoms with E-state index in [-0.39, 0.29) is 5.91 Å². The highest BCUT2D eigenvalue weighted by Gasteiger charge is 2.42. The number of nitrogens with zero attached hydrogens (tertiary/aromatic N) is 3. The average Bonchev–Trinajstić information content (AvgIpc) is 3.83. The number of carbonyl (C=O) groups excluding carboxylic acids is 1. The van der Waals surface area contributed by atoms with Gasteiger partial charge in [-0.1, -0.05) is 88.3 Å². The Morgan fingerprint density at radius 1 is 1.00 bits per heavy atom. The van der Waals surface area contributed by atoms with Crippen LogP contribution in [0.1, 0.15) is 102 Å². The van der Waals surface area contributed by atoms with Crippen LogP contribution in [0.3, 0.4) is 0 Å². The zero-order valence-corrected chi connectivity index (χ0v) is 31.6. The second kappa shape index (κ2) is 16.4. The van der Waals surface area contributed by atoms with Gasteiger partial charge in [-0.25, -0.2) is 0 Å². The molecule has 260 valence electrons. The minimum Gasteiger partial charge on any atom is -0.480 e. The van der Waals surface area contributed by atoms with E-state index >= 15 is 0 Å². The van der Waals surface area contributed by atoms with E-state index in [4.69, 9.17) is 12.2 Å². The van der Waals surface area contributed by atoms with E-state index in [1.165, 1.54) is 89.1 Å². The summed E-state index contributed by atoms with van der Waals surface area (Å²) in [5, 5.41) is 9.59. The maximum atomic E-state index is 13.6. The first-order chi connectivity index (χ1) is 23.8. The van der Waals surface area contributed by atoms with Crippen molar-refractivity contribution < 1.29 is 14.7 Å². The van der Waals surface area contributed by atoms with Gasteiger partial charge in [-0.3, -0.25) is 23.9 Å². The van der Waals surface area contributed by atoms with Gasteiger partial charge < -0.3 is 10.0 Å². The van der Waals surface area contributed by atoms with Crippen molar-refractivity contribution in [3.05, 3.63) is 73.1 Å². The highest BCUT2D eigenvalue weighted by molar-refractivity contribution is 8.30. The molecule has 1 saturated heterocycles. The van der Waals surface area contributed by atoms with E-state index in [1.54, 1.807) is 0 Å². The number of rotatable bonds is 15. The largest absolute Gasteiger partial charge is 0.480 e. The molecule has 11 heteroatoms. The number of carboxylic acid groups (broad SMARTS) is 1. The predicted octanol–water partition coefficient (Wildman–Crippen LogP) is 7.83. The van der Waals surface area contributed by atoms with Crippen LogP contribution < -0.4 is 19.7 Å². The van der Waals surface area contributed by atoms with Crippen LogP contribution in [0.5, 0.6) is 0 Å². The summed E-state index contributed by atoms with van der Waals surface area (Å²) in [6.07, 6.45) is 16.0. The van der Waals surface area contributed by atoms with Crippen LogP contribution >= 0.6 is 47.1 Å². The van der Waals surface area contributed by atoms with Crippen LogP contribution in [0.25, 0.3) is 11.0 Å². The summed E-state index contributed by atoms with van der Waals surface area (Å²) in [7, 11) is 0. The number of unbranched alkanes of at least 4 members (excludes halogenated alkanes) is 7. The van der Waals surface area contributed by atoms with Gasteiger partial charge in [0, 0.05) is 34.8 Å². The number of amides is 1. The number of hydrogen-bond donors (Lipinski definition) is 1. The maximum absolute atomic E-state index is 13.6. The van der Waals surface area contributed by atoms with E-state index in [1.807, 2.05) is 30.8 Å². The Balaban J connectivity index is 1.21. The first kappa shape index (κ1) is 35.9. The standard InChI is InChI=1S/C38H45N3O4S4/c1-3-5-6-7-8-9-10-11-21-47-27-18-16-26(17-19-27)41-30-14-12-13-28(30)29-22-25(15-20-31(29)41)23-32-35(44)40(24-33(42)43)37(48-32)34-36(45)39(4-2)38(46)49-34/h15-20,22-23,28,30H,3-14,21,24H2,1-2H3,(H,42,43). The highest BCUT2D eigenvalue weighted by atomic mass is 32.2. The van der Waals surface area contributed by atoms with Crippen molar-refractivity contribution in [1.82, 2.24) is 9.47 Å². The number of anilines is 2. The lowest BCUT2D eigenvalue weighted by molar-refractivity contribution is -0.137. The van der Waals surface area contributed by atoms with Crippen LogP contribution in [0.4, 0.5) is 11.4 Å². The van der Waals surface area contributed by atoms with E-state index in [0.29, 0.717) is 36.9 Å². The Labute approximate surface area is 306 Å². The fourth-order valence-electron chi connectivity index (χ4n) is 7.35. The van der Waals surface area contributed by atoms with Crippen molar-refractivity contribution in [2.45, 2.75) is 108 Å². The van der Waals surface area contributed by atoms with Crippen molar-refractivity contribution in [3.63, 3.8) is 0 Å². The van der Waals surface area contributed by atoms with E-state index in [2.05, 4.69) is 48.2 Å². The fourth-order valence-corrected chi connectivity index (χ4v) is 10.9. The van der Waals surface area contributed by atoms with E-state index < -0.39 is 18.1 Å². The number of thioether (sulfide) groups is 2. The molecule has 3 heterocycles. The Kier molecular flexibility index (Phi) is 12.1. The molecule has 2 aliphatic heterocycles. The van der Waals surface area contributed by atoms with Gasteiger partial charge in [0.05, 0.1) is 4.53 Å². The molecule has 6 rings (SSSR count). The molecule has 1 aliphatic carbocycles. The SMILES string of the molecule is CCCCCCCCCCSc1ccc(N2c3ccc(C=c4sc(=C5SC(=S)N(CC)C5=O)n(CC(=O)O)c4=O)cc3C3CCCC32)cc1. The molecule has 1 saturated carbocycles. The topological polar surface area (TPSA) is 82.8 Å². The molecular formula is C38H45N3O4S4. The average molecular weight is 736 g/mol. The van der Waals surface area contributed by atoms with Gasteiger partial charge >= 0.3 is 5.97 Å². The minimum atomic E-state index is -1.14. The van der Waals surface area contributed by atoms with Gasteiger partial charge in [-0.15, -0.1) is 23.1 Å². The molecule has 0 spiro atoms. The molecule has 2 atom stereocenters. The van der Waals surface area contributed by atoms with Crippen molar-refractivity contribution in [2.75, 3.05) is 17.2 Å². The molecule has 3 aliphatic rings. The molecule has 2 fully saturated rings. The Hall–Kier alpha value is -2.86. The molecule has 1 amide bonds. The number of carboxylic acids is 1. The maximum Gasteiger partial charge on any atom is 0.323 e. The number of hydrogen-bond acceptors (Lipinski definition) is 8. The molecule has 0 radical (unpaired) electrons. The summed E-state index contributed by atoms with van der Waals surface area (Å²) in [4.78, 5) is 44.0. The Bertz CT molecular complexity index is 1880. The van der Waals surface area contributed by atoms with Gasteiger partial charge in [0.1, 0.15) is 20.4 Å². The molecular weight excluding hydrogens is 691 g/mol. The van der Waals surface area contributed by atoms with Crippen molar-refractivity contribution >= 4 is 85.6 Å². The predicted molar refractivity (Wildman–Crippen MR) is 209 cm³/mol. The van der Waals surface area contributed by atoms with E-state index in [9.17, 15) is 19.5 Å². The summed E-state index contributed by atoms with van der Waals surface area (Å²) < 4.78 is 2.35. The summed E-state index contributed by atoms with van der Waals surface area (Å²) in [6, 6.07) is 15.9. The van der Waals surface area contributed by atoms with E-state index in [0.717, 1.165) is 47.3 Å². The number of carbonyl (C=O) groups is 2. The molecule has 7 nitrogen and oxygen atoms in total. The number of aliphatic carboxylic acids is 1. The molecule has 0 bridgehead atoms. The van der Waals surface area contributed by atoms with Gasteiger partial charge in [0.15, 0.2) is 0 Å². The zero-order chi connectivity index (χ0) is 34.5. The lowest BCUT2D eigenvalue weighted by Gasteiger charge is -2.27. The molecule has 2 aromatic carbocycles. The Morgan fingerprint density at radius 3 is 2.43 bits per heavy atom. The molecule has 1 N–H and O–H groups in total. The third kappa shape index (κ3) is 7.90. The zero-order valence-electron chi connectivity index (χ0n) is 28.3. The van der Waals surface area contributed by atoms with Crippen molar-refractivity contribution in [1.29, 1.82) is 0 Å². The third-order valence-corrected chi connectivity index (χ3v) is 13.6. The summed E-state index contributed by atoms with van der Waals surface area (Å²) >= 11 is 9.62. The molecule has 1 aromatic heterocycles. The lowest BCUT2D eigenvalue weighted by atomic mass is 9.96. The number of aromatic nitrogens is 1. The first-order valence-electron chi connectivity index (χ1n) is 17.7. The van der Waals surface area contributed by atoms with Crippen LogP contribution in [0.2, 0.25) is 0 Å². The number of thiocarbonyl (C=S) groups is 1. The highest BCUT2D eigenvalue weighted by Crippen LogP contribution is 2.52. The molecule has 49 heavy (non-hydrogen) atoms.